The Kier molecular flexibility index (Phi) is 2.12. The van der Waals surface area contributed by atoms with Crippen molar-refractivity contribution in [2.45, 2.75) is 20.3 Å². The van der Waals surface area contributed by atoms with Crippen LogP contribution < -0.4 is 5.32 Å². The van der Waals surface area contributed by atoms with Gasteiger partial charge >= 0.3 is 0 Å². The van der Waals surface area contributed by atoms with Crippen molar-refractivity contribution in [3.05, 3.63) is 35.4 Å². The van der Waals surface area contributed by atoms with Gasteiger partial charge in [0.2, 0.25) is 0 Å². The standard InChI is InChI=1S/C12H13NO/c1-3-8(2)11-9-6-4-5-7-10(9)13-12(11)14/h4-7H,3H2,1-2H3,(H,13,14). The van der Waals surface area contributed by atoms with Crippen molar-refractivity contribution < 1.29 is 4.79 Å². The van der Waals surface area contributed by atoms with Crippen molar-refractivity contribution in [2.24, 2.45) is 0 Å². The lowest BCUT2D eigenvalue weighted by molar-refractivity contribution is -0.110. The third-order valence-electron chi connectivity index (χ3n) is 2.63. The van der Waals surface area contributed by atoms with Crippen LogP contribution in [-0.2, 0) is 4.79 Å². The highest BCUT2D eigenvalue weighted by atomic mass is 16.2. The number of rotatable bonds is 1. The number of carbonyl (C=O) groups excluding carboxylic acids is 1. The Morgan fingerprint density at radius 1 is 1.36 bits per heavy atom. The van der Waals surface area contributed by atoms with Crippen LogP contribution in [0.25, 0.3) is 5.57 Å². The zero-order valence-electron chi connectivity index (χ0n) is 8.42. The average Bonchev–Trinajstić information content (AvgIpc) is 2.53. The fraction of sp³-hybridized carbons (Fsp3) is 0.250. The highest BCUT2D eigenvalue weighted by molar-refractivity contribution is 6.32. The predicted octanol–water partition coefficient (Wildman–Crippen LogP) is 2.82. The van der Waals surface area contributed by atoms with E-state index < -0.39 is 0 Å². The highest BCUT2D eigenvalue weighted by Crippen LogP contribution is 2.33. The number of carbonyl (C=O) groups is 1. The number of fused-ring (bicyclic) bond motifs is 1. The monoisotopic (exact) mass is 187 g/mol. The Labute approximate surface area is 83.6 Å². The van der Waals surface area contributed by atoms with E-state index in [4.69, 9.17) is 0 Å². The van der Waals surface area contributed by atoms with Gasteiger partial charge in [-0.1, -0.05) is 30.7 Å². The number of benzene rings is 1. The van der Waals surface area contributed by atoms with Crippen molar-refractivity contribution in [1.29, 1.82) is 0 Å². The minimum Gasteiger partial charge on any atom is -0.321 e. The molecule has 0 aromatic heterocycles. The van der Waals surface area contributed by atoms with E-state index in [1.54, 1.807) is 0 Å². The van der Waals surface area contributed by atoms with Crippen LogP contribution in [0.3, 0.4) is 0 Å². The molecule has 1 heterocycles. The van der Waals surface area contributed by atoms with E-state index in [0.717, 1.165) is 28.8 Å². The summed E-state index contributed by atoms with van der Waals surface area (Å²) in [5, 5.41) is 2.87. The lowest BCUT2D eigenvalue weighted by atomic mass is 10.0. The van der Waals surface area contributed by atoms with Crippen molar-refractivity contribution >= 4 is 17.2 Å². The van der Waals surface area contributed by atoms with Crippen LogP contribution in [0, 0.1) is 0 Å². The second-order valence-corrected chi connectivity index (χ2v) is 3.51. The van der Waals surface area contributed by atoms with Gasteiger partial charge in [0.15, 0.2) is 0 Å². The molecule has 1 aromatic carbocycles. The summed E-state index contributed by atoms with van der Waals surface area (Å²) >= 11 is 0. The molecule has 0 radical (unpaired) electrons. The smallest absolute Gasteiger partial charge is 0.256 e. The Balaban J connectivity index is 2.61. The van der Waals surface area contributed by atoms with Crippen molar-refractivity contribution in [3.63, 3.8) is 0 Å². The zero-order valence-corrected chi connectivity index (χ0v) is 8.42. The average molecular weight is 187 g/mol. The van der Waals surface area contributed by atoms with E-state index in [-0.39, 0.29) is 5.91 Å². The molecule has 2 heteroatoms. The molecule has 0 saturated heterocycles. The van der Waals surface area contributed by atoms with Crippen LogP contribution >= 0.6 is 0 Å². The minimum atomic E-state index is 0.0329. The lowest BCUT2D eigenvalue weighted by Crippen LogP contribution is -2.05. The summed E-state index contributed by atoms with van der Waals surface area (Å²) in [7, 11) is 0. The lowest BCUT2D eigenvalue weighted by Gasteiger charge is -2.01. The summed E-state index contributed by atoms with van der Waals surface area (Å²) in [5.41, 5.74) is 3.97. The van der Waals surface area contributed by atoms with Gasteiger partial charge in [0.25, 0.3) is 5.91 Å². The molecule has 0 spiro atoms. The second-order valence-electron chi connectivity index (χ2n) is 3.51. The van der Waals surface area contributed by atoms with Gasteiger partial charge in [-0.3, -0.25) is 4.79 Å². The third-order valence-corrected chi connectivity index (χ3v) is 2.63. The van der Waals surface area contributed by atoms with Gasteiger partial charge in [-0.15, -0.1) is 0 Å². The maximum absolute atomic E-state index is 11.7. The van der Waals surface area contributed by atoms with E-state index in [9.17, 15) is 4.79 Å². The Bertz CT molecular complexity index is 418. The molecule has 1 aliphatic rings. The summed E-state index contributed by atoms with van der Waals surface area (Å²) in [4.78, 5) is 11.7. The molecule has 1 aliphatic heterocycles. The fourth-order valence-electron chi connectivity index (χ4n) is 1.72. The molecular weight excluding hydrogens is 174 g/mol. The summed E-state index contributed by atoms with van der Waals surface area (Å²) in [6.45, 7) is 4.08. The molecule has 0 aliphatic carbocycles. The number of para-hydroxylation sites is 1. The molecule has 1 N–H and O–H groups in total. The Morgan fingerprint density at radius 3 is 2.79 bits per heavy atom. The van der Waals surface area contributed by atoms with Crippen LogP contribution in [-0.4, -0.2) is 5.91 Å². The number of hydrogen-bond donors (Lipinski definition) is 1. The summed E-state index contributed by atoms with van der Waals surface area (Å²) in [5.74, 6) is 0.0329. The van der Waals surface area contributed by atoms with Gasteiger partial charge in [0.1, 0.15) is 0 Å². The van der Waals surface area contributed by atoms with Crippen LogP contribution in [0.4, 0.5) is 5.69 Å². The normalized spacial score (nSPS) is 17.7. The first kappa shape index (κ1) is 9.00. The van der Waals surface area contributed by atoms with Gasteiger partial charge < -0.3 is 5.32 Å². The van der Waals surface area contributed by atoms with Gasteiger partial charge in [-0.2, -0.15) is 0 Å². The molecule has 0 bridgehead atoms. The third kappa shape index (κ3) is 1.23. The summed E-state index contributed by atoms with van der Waals surface area (Å²) in [6, 6.07) is 7.82. The molecule has 14 heavy (non-hydrogen) atoms. The maximum Gasteiger partial charge on any atom is 0.256 e. The molecule has 1 aromatic rings. The van der Waals surface area contributed by atoms with E-state index in [1.807, 2.05) is 31.2 Å². The molecule has 72 valence electrons. The van der Waals surface area contributed by atoms with E-state index in [0.29, 0.717) is 0 Å². The Morgan fingerprint density at radius 2 is 2.07 bits per heavy atom. The van der Waals surface area contributed by atoms with Crippen LogP contribution in [0.5, 0.6) is 0 Å². The zero-order chi connectivity index (χ0) is 10.1. The minimum absolute atomic E-state index is 0.0329. The highest BCUT2D eigenvalue weighted by Gasteiger charge is 2.24. The number of anilines is 1. The molecule has 0 fully saturated rings. The van der Waals surface area contributed by atoms with Gasteiger partial charge in [-0.05, 0) is 19.4 Å². The molecule has 1 amide bonds. The number of allylic oxidation sites excluding steroid dienone is 1. The number of hydrogen-bond acceptors (Lipinski definition) is 1. The van der Waals surface area contributed by atoms with Gasteiger partial charge in [0, 0.05) is 16.8 Å². The topological polar surface area (TPSA) is 29.1 Å². The van der Waals surface area contributed by atoms with Crippen LogP contribution in [0.15, 0.2) is 29.8 Å². The summed E-state index contributed by atoms with van der Waals surface area (Å²) in [6.07, 6.45) is 0.914. The Hall–Kier alpha value is -1.57. The van der Waals surface area contributed by atoms with E-state index in [2.05, 4.69) is 12.2 Å². The first-order chi connectivity index (χ1) is 6.74. The van der Waals surface area contributed by atoms with Crippen molar-refractivity contribution in [1.82, 2.24) is 0 Å². The first-order valence-electron chi connectivity index (χ1n) is 4.84. The maximum atomic E-state index is 11.7. The molecule has 0 saturated carbocycles. The van der Waals surface area contributed by atoms with Crippen molar-refractivity contribution in [2.75, 3.05) is 5.32 Å². The fourth-order valence-corrected chi connectivity index (χ4v) is 1.72. The van der Waals surface area contributed by atoms with E-state index in [1.165, 1.54) is 0 Å². The van der Waals surface area contributed by atoms with Crippen molar-refractivity contribution in [3.8, 4) is 0 Å². The number of nitrogens with one attached hydrogen (secondary N) is 1. The quantitative estimate of drug-likeness (QED) is 0.673. The molecule has 2 nitrogen and oxygen atoms in total. The molecule has 2 rings (SSSR count). The summed E-state index contributed by atoms with van der Waals surface area (Å²) < 4.78 is 0. The first-order valence-corrected chi connectivity index (χ1v) is 4.84. The van der Waals surface area contributed by atoms with Gasteiger partial charge in [-0.25, -0.2) is 0 Å². The van der Waals surface area contributed by atoms with Crippen LogP contribution in [0.1, 0.15) is 25.8 Å². The molecular formula is C12H13NO. The second kappa shape index (κ2) is 3.29. The molecule has 0 atom stereocenters. The predicted molar refractivity (Wildman–Crippen MR) is 58.0 cm³/mol. The molecule has 0 unspecified atom stereocenters. The van der Waals surface area contributed by atoms with Gasteiger partial charge in [0.05, 0.1) is 0 Å². The largest absolute Gasteiger partial charge is 0.321 e. The van der Waals surface area contributed by atoms with E-state index >= 15 is 0 Å². The SMILES string of the molecule is CCC(C)=C1C(=O)Nc2ccccc21. The van der Waals surface area contributed by atoms with Crippen LogP contribution in [0.2, 0.25) is 0 Å². The number of amides is 1.